The van der Waals surface area contributed by atoms with Crippen LogP contribution in [0.15, 0.2) is 47.4 Å². The number of esters is 1. The van der Waals surface area contributed by atoms with Crippen LogP contribution in [0.2, 0.25) is 0 Å². The van der Waals surface area contributed by atoms with Crippen molar-refractivity contribution in [3.63, 3.8) is 0 Å². The Kier molecular flexibility index (Phi) is 6.89. The molecule has 3 rings (SSSR count). The van der Waals surface area contributed by atoms with Crippen molar-refractivity contribution in [1.82, 2.24) is 9.62 Å². The van der Waals surface area contributed by atoms with Crippen LogP contribution in [-0.2, 0) is 21.3 Å². The van der Waals surface area contributed by atoms with Crippen LogP contribution in [0.3, 0.4) is 0 Å². The van der Waals surface area contributed by atoms with Gasteiger partial charge in [-0.25, -0.2) is 13.2 Å². The molecule has 1 aliphatic heterocycles. The molecular weight excluding hydrogens is 404 g/mol. The zero-order chi connectivity index (χ0) is 21.7. The molecule has 7 nitrogen and oxygen atoms in total. The number of hydrogen-bond donors (Lipinski definition) is 1. The number of aryl methyl sites for hydroxylation is 1. The Hall–Kier alpha value is -2.71. The Labute approximate surface area is 177 Å². The number of carbonyl (C=O) groups excluding carboxylic acids is 2. The Morgan fingerprint density at radius 2 is 1.73 bits per heavy atom. The molecule has 0 bridgehead atoms. The second-order valence-electron chi connectivity index (χ2n) is 7.27. The van der Waals surface area contributed by atoms with Gasteiger partial charge in [0, 0.05) is 25.2 Å². The SMILES string of the molecule is COC(=O)c1ccccc1CNC(=O)c1cc(S(=O)(=O)N2CCCCC2)ccc1C. The standard InChI is InChI=1S/C22H26N2O5S/c1-16-10-11-18(30(27,28)24-12-6-3-7-13-24)14-20(16)21(25)23-15-17-8-4-5-9-19(17)22(26)29-2/h4-5,8-11,14H,3,6-7,12-13,15H2,1-2H3,(H,23,25). The summed E-state index contributed by atoms with van der Waals surface area (Å²) in [5.74, 6) is -0.881. The topological polar surface area (TPSA) is 92.8 Å². The molecule has 1 saturated heterocycles. The smallest absolute Gasteiger partial charge is 0.338 e. The van der Waals surface area contributed by atoms with Gasteiger partial charge in [0.25, 0.3) is 5.91 Å². The number of nitrogens with zero attached hydrogens (tertiary/aromatic N) is 1. The molecule has 1 heterocycles. The van der Waals surface area contributed by atoms with Gasteiger partial charge in [0.2, 0.25) is 10.0 Å². The van der Waals surface area contributed by atoms with Crippen LogP contribution in [0.25, 0.3) is 0 Å². The van der Waals surface area contributed by atoms with Crippen molar-refractivity contribution in [1.29, 1.82) is 0 Å². The highest BCUT2D eigenvalue weighted by molar-refractivity contribution is 7.89. The molecule has 0 atom stereocenters. The zero-order valence-electron chi connectivity index (χ0n) is 17.2. The average molecular weight is 431 g/mol. The summed E-state index contributed by atoms with van der Waals surface area (Å²) in [6.45, 7) is 2.88. The van der Waals surface area contributed by atoms with Crippen molar-refractivity contribution >= 4 is 21.9 Å². The van der Waals surface area contributed by atoms with E-state index in [2.05, 4.69) is 5.32 Å². The number of amides is 1. The second kappa shape index (κ2) is 9.40. The van der Waals surface area contributed by atoms with E-state index in [1.165, 1.54) is 17.5 Å². The van der Waals surface area contributed by atoms with Crippen LogP contribution in [0, 0.1) is 6.92 Å². The van der Waals surface area contributed by atoms with Gasteiger partial charge in [-0.3, -0.25) is 4.79 Å². The number of methoxy groups -OCH3 is 1. The highest BCUT2D eigenvalue weighted by Crippen LogP contribution is 2.23. The highest BCUT2D eigenvalue weighted by atomic mass is 32.2. The maximum atomic E-state index is 12.9. The Bertz CT molecular complexity index is 1040. The summed E-state index contributed by atoms with van der Waals surface area (Å²) in [6.07, 6.45) is 2.72. The number of carbonyl (C=O) groups is 2. The molecule has 1 N–H and O–H groups in total. The summed E-state index contributed by atoms with van der Waals surface area (Å²) in [6, 6.07) is 11.5. The lowest BCUT2D eigenvalue weighted by molar-refractivity contribution is 0.0598. The molecule has 0 spiro atoms. The van der Waals surface area contributed by atoms with Gasteiger partial charge in [-0.1, -0.05) is 30.7 Å². The molecular formula is C22H26N2O5S. The molecule has 0 saturated carbocycles. The fraction of sp³-hybridized carbons (Fsp3) is 0.364. The van der Waals surface area contributed by atoms with Gasteiger partial charge in [-0.15, -0.1) is 0 Å². The van der Waals surface area contributed by atoms with E-state index in [0.29, 0.717) is 35.3 Å². The molecule has 0 aliphatic carbocycles. The summed E-state index contributed by atoms with van der Waals surface area (Å²) in [5, 5.41) is 2.78. The van der Waals surface area contributed by atoms with Gasteiger partial charge in [-0.2, -0.15) is 4.31 Å². The minimum absolute atomic E-state index is 0.118. The predicted molar refractivity (Wildman–Crippen MR) is 113 cm³/mol. The fourth-order valence-electron chi connectivity index (χ4n) is 3.51. The number of nitrogens with one attached hydrogen (secondary N) is 1. The third-order valence-corrected chi connectivity index (χ3v) is 7.16. The molecule has 2 aromatic rings. The molecule has 0 aromatic heterocycles. The number of piperidine rings is 1. The van der Waals surface area contributed by atoms with E-state index in [1.54, 1.807) is 43.3 Å². The van der Waals surface area contributed by atoms with E-state index in [9.17, 15) is 18.0 Å². The van der Waals surface area contributed by atoms with Gasteiger partial charge in [0.05, 0.1) is 17.6 Å². The van der Waals surface area contributed by atoms with Crippen LogP contribution in [0.4, 0.5) is 0 Å². The summed E-state index contributed by atoms with van der Waals surface area (Å²) >= 11 is 0. The average Bonchev–Trinajstić information content (AvgIpc) is 2.77. The third kappa shape index (κ3) is 4.71. The van der Waals surface area contributed by atoms with E-state index in [-0.39, 0.29) is 11.4 Å². The van der Waals surface area contributed by atoms with Crippen LogP contribution in [0.5, 0.6) is 0 Å². The zero-order valence-corrected chi connectivity index (χ0v) is 18.0. The van der Waals surface area contributed by atoms with E-state index in [1.807, 2.05) is 0 Å². The highest BCUT2D eigenvalue weighted by Gasteiger charge is 2.27. The predicted octanol–water partition coefficient (Wildman–Crippen LogP) is 2.89. The maximum Gasteiger partial charge on any atom is 0.338 e. The molecule has 30 heavy (non-hydrogen) atoms. The number of sulfonamides is 1. The first-order valence-corrected chi connectivity index (χ1v) is 11.3. The van der Waals surface area contributed by atoms with Gasteiger partial charge in [0.1, 0.15) is 0 Å². The minimum atomic E-state index is -3.63. The molecule has 1 fully saturated rings. The van der Waals surface area contributed by atoms with E-state index < -0.39 is 21.9 Å². The lowest BCUT2D eigenvalue weighted by Crippen LogP contribution is -2.35. The monoisotopic (exact) mass is 430 g/mol. The first-order chi connectivity index (χ1) is 14.3. The number of rotatable bonds is 6. The Morgan fingerprint density at radius 1 is 1.03 bits per heavy atom. The van der Waals surface area contributed by atoms with Gasteiger partial charge < -0.3 is 10.1 Å². The van der Waals surface area contributed by atoms with Crippen LogP contribution < -0.4 is 5.32 Å². The molecule has 160 valence electrons. The van der Waals surface area contributed by atoms with Crippen LogP contribution >= 0.6 is 0 Å². The molecule has 0 unspecified atom stereocenters. The number of ether oxygens (including phenoxy) is 1. The Morgan fingerprint density at radius 3 is 2.43 bits per heavy atom. The molecule has 2 aromatic carbocycles. The number of benzene rings is 2. The summed E-state index contributed by atoms with van der Waals surface area (Å²) in [4.78, 5) is 24.8. The van der Waals surface area contributed by atoms with E-state index in [0.717, 1.165) is 19.3 Å². The quantitative estimate of drug-likeness (QED) is 0.712. The minimum Gasteiger partial charge on any atom is -0.465 e. The third-order valence-electron chi connectivity index (χ3n) is 5.27. The van der Waals surface area contributed by atoms with Crippen molar-refractivity contribution in [2.24, 2.45) is 0 Å². The summed E-state index contributed by atoms with van der Waals surface area (Å²) < 4.78 is 32.2. The lowest BCUT2D eigenvalue weighted by atomic mass is 10.1. The Balaban J connectivity index is 1.80. The van der Waals surface area contributed by atoms with Crippen molar-refractivity contribution < 1.29 is 22.7 Å². The largest absolute Gasteiger partial charge is 0.465 e. The van der Waals surface area contributed by atoms with Gasteiger partial charge in [0.15, 0.2) is 0 Å². The van der Waals surface area contributed by atoms with E-state index >= 15 is 0 Å². The molecule has 0 radical (unpaired) electrons. The van der Waals surface area contributed by atoms with Crippen molar-refractivity contribution in [3.05, 3.63) is 64.7 Å². The molecule has 8 heteroatoms. The van der Waals surface area contributed by atoms with Crippen molar-refractivity contribution in [2.75, 3.05) is 20.2 Å². The first-order valence-electron chi connectivity index (χ1n) is 9.90. The maximum absolute atomic E-state index is 12.9. The summed E-state index contributed by atoms with van der Waals surface area (Å²) in [7, 11) is -2.33. The van der Waals surface area contributed by atoms with Gasteiger partial charge >= 0.3 is 5.97 Å². The van der Waals surface area contributed by atoms with Crippen LogP contribution in [0.1, 0.15) is 51.1 Å². The van der Waals surface area contributed by atoms with Gasteiger partial charge in [-0.05, 0) is 49.1 Å². The lowest BCUT2D eigenvalue weighted by Gasteiger charge is -2.26. The fourth-order valence-corrected chi connectivity index (χ4v) is 5.06. The summed E-state index contributed by atoms with van der Waals surface area (Å²) in [5.41, 5.74) is 1.96. The van der Waals surface area contributed by atoms with Crippen LogP contribution in [-0.4, -0.2) is 44.8 Å². The normalized spacial score (nSPS) is 14.9. The van der Waals surface area contributed by atoms with E-state index in [4.69, 9.17) is 4.74 Å². The van der Waals surface area contributed by atoms with Crippen molar-refractivity contribution in [3.8, 4) is 0 Å². The number of hydrogen-bond acceptors (Lipinski definition) is 5. The molecule has 1 aliphatic rings. The first kappa shape index (κ1) is 22.0. The van der Waals surface area contributed by atoms with Crippen molar-refractivity contribution in [2.45, 2.75) is 37.6 Å². The second-order valence-corrected chi connectivity index (χ2v) is 9.21. The molecule has 1 amide bonds.